The Morgan fingerprint density at radius 1 is 1.06 bits per heavy atom. The molecule has 0 bridgehead atoms. The number of likely N-dealkylation sites (tertiary alicyclic amines) is 1. The lowest BCUT2D eigenvalue weighted by atomic mass is 9.93. The number of aromatic nitrogens is 2. The third-order valence-electron chi connectivity index (χ3n) is 5.03. The van der Waals surface area contributed by atoms with Crippen molar-refractivity contribution in [2.75, 3.05) is 13.1 Å². The van der Waals surface area contributed by atoms with Crippen LogP contribution in [0.15, 0.2) is 36.7 Å². The van der Waals surface area contributed by atoms with Crippen LogP contribution in [-0.4, -0.2) is 52.2 Å². The smallest absolute Gasteiger partial charge is 0.405 e. The van der Waals surface area contributed by atoms with Gasteiger partial charge < -0.3 is 15.0 Å². The van der Waals surface area contributed by atoms with E-state index in [0.29, 0.717) is 25.9 Å². The van der Waals surface area contributed by atoms with Crippen LogP contribution in [-0.2, 0) is 4.79 Å². The Labute approximate surface area is 184 Å². The van der Waals surface area contributed by atoms with Crippen molar-refractivity contribution in [1.29, 1.82) is 0 Å². The van der Waals surface area contributed by atoms with Gasteiger partial charge in [-0.2, -0.15) is 0 Å². The Hall–Kier alpha value is -3.17. The average Bonchev–Trinajstić information content (AvgIpc) is 2.72. The van der Waals surface area contributed by atoms with Crippen molar-refractivity contribution in [2.45, 2.75) is 46.0 Å². The summed E-state index contributed by atoms with van der Waals surface area (Å²) < 4.78 is 41.9. The third kappa shape index (κ3) is 5.95. The number of benzene rings is 1. The van der Waals surface area contributed by atoms with Gasteiger partial charge >= 0.3 is 6.36 Å². The molecule has 32 heavy (non-hydrogen) atoms. The van der Waals surface area contributed by atoms with E-state index in [4.69, 9.17) is 0 Å². The Balaban J connectivity index is 1.62. The van der Waals surface area contributed by atoms with E-state index in [2.05, 4.69) is 20.0 Å². The Morgan fingerprint density at radius 3 is 2.22 bits per heavy atom. The van der Waals surface area contributed by atoms with E-state index >= 15 is 0 Å². The van der Waals surface area contributed by atoms with Crippen molar-refractivity contribution in [1.82, 2.24) is 20.2 Å². The molecule has 1 fully saturated rings. The van der Waals surface area contributed by atoms with Gasteiger partial charge in [-0.25, -0.2) is 9.97 Å². The molecule has 1 saturated heterocycles. The fourth-order valence-corrected chi connectivity index (χ4v) is 3.42. The normalized spacial score (nSPS) is 15.4. The zero-order valence-corrected chi connectivity index (χ0v) is 18.1. The summed E-state index contributed by atoms with van der Waals surface area (Å²) in [4.78, 5) is 34.8. The van der Waals surface area contributed by atoms with E-state index < -0.39 is 17.5 Å². The average molecular weight is 450 g/mol. The molecule has 10 heteroatoms. The van der Waals surface area contributed by atoms with Crippen molar-refractivity contribution >= 4 is 11.8 Å². The van der Waals surface area contributed by atoms with Crippen molar-refractivity contribution in [2.24, 2.45) is 5.41 Å². The molecule has 0 saturated carbocycles. The van der Waals surface area contributed by atoms with Crippen LogP contribution in [0, 0.1) is 5.41 Å². The number of piperidine rings is 1. The summed E-state index contributed by atoms with van der Waals surface area (Å²) in [5, 5.41) is 2.90. The molecule has 0 aliphatic carbocycles. The van der Waals surface area contributed by atoms with Crippen LogP contribution < -0.4 is 10.1 Å². The first-order valence-corrected chi connectivity index (χ1v) is 10.2. The number of halogens is 3. The van der Waals surface area contributed by atoms with Gasteiger partial charge in [0.2, 0.25) is 5.91 Å². The standard InChI is InChI=1S/C22H25F3N4O3/c1-21(2,3)20(31)29-10-8-15(9-11-29)28-19(30)14-12-26-18(27-13-14)16-6-4-5-7-17(16)32-22(23,24)25/h4-7,12-13,15H,8-11H2,1-3H3,(H,28,30). The monoisotopic (exact) mass is 450 g/mol. The number of alkyl halides is 3. The van der Waals surface area contributed by atoms with Gasteiger partial charge in [-0.15, -0.1) is 13.2 Å². The molecule has 0 radical (unpaired) electrons. The highest BCUT2D eigenvalue weighted by atomic mass is 19.4. The van der Waals surface area contributed by atoms with Gasteiger partial charge in [-0.05, 0) is 25.0 Å². The Bertz CT molecular complexity index is 964. The van der Waals surface area contributed by atoms with Crippen LogP contribution in [0.2, 0.25) is 0 Å². The van der Waals surface area contributed by atoms with Gasteiger partial charge in [0.1, 0.15) is 5.75 Å². The van der Waals surface area contributed by atoms with Crippen molar-refractivity contribution in [3.05, 3.63) is 42.2 Å². The summed E-state index contributed by atoms with van der Waals surface area (Å²) in [7, 11) is 0. The lowest BCUT2D eigenvalue weighted by Crippen LogP contribution is -2.49. The molecule has 0 atom stereocenters. The minimum atomic E-state index is -4.84. The van der Waals surface area contributed by atoms with Crippen LogP contribution in [0.1, 0.15) is 44.0 Å². The summed E-state index contributed by atoms with van der Waals surface area (Å²) in [6.07, 6.45) is -1.05. The highest BCUT2D eigenvalue weighted by Crippen LogP contribution is 2.31. The summed E-state index contributed by atoms with van der Waals surface area (Å²) in [5.74, 6) is -0.706. The number of nitrogens with one attached hydrogen (secondary N) is 1. The lowest BCUT2D eigenvalue weighted by Gasteiger charge is -2.36. The van der Waals surface area contributed by atoms with E-state index in [1.54, 1.807) is 11.0 Å². The lowest BCUT2D eigenvalue weighted by molar-refractivity contribution is -0.274. The van der Waals surface area contributed by atoms with Gasteiger partial charge in [0.05, 0.1) is 11.1 Å². The highest BCUT2D eigenvalue weighted by molar-refractivity contribution is 5.94. The zero-order valence-electron chi connectivity index (χ0n) is 18.1. The van der Waals surface area contributed by atoms with Gasteiger partial charge in [0.25, 0.3) is 5.91 Å². The number of hydrogen-bond acceptors (Lipinski definition) is 5. The maximum absolute atomic E-state index is 12.6. The molecule has 1 aromatic carbocycles. The summed E-state index contributed by atoms with van der Waals surface area (Å²) in [6.45, 7) is 6.75. The highest BCUT2D eigenvalue weighted by Gasteiger charge is 2.33. The number of nitrogens with zero attached hydrogens (tertiary/aromatic N) is 3. The number of ether oxygens (including phenoxy) is 1. The zero-order chi connectivity index (χ0) is 23.5. The molecule has 3 rings (SSSR count). The molecule has 1 N–H and O–H groups in total. The number of carbonyl (C=O) groups is 2. The largest absolute Gasteiger partial charge is 0.573 e. The first-order chi connectivity index (χ1) is 14.9. The quantitative estimate of drug-likeness (QED) is 0.766. The second kappa shape index (κ2) is 9.13. The second-order valence-corrected chi connectivity index (χ2v) is 8.63. The van der Waals surface area contributed by atoms with Gasteiger partial charge in [0.15, 0.2) is 5.82 Å². The number of carbonyl (C=O) groups excluding carboxylic acids is 2. The molecular formula is C22H25F3N4O3. The SMILES string of the molecule is CC(C)(C)C(=O)N1CCC(NC(=O)c2cnc(-c3ccccc3OC(F)(F)F)nc2)CC1. The Kier molecular flexibility index (Phi) is 6.71. The number of rotatable bonds is 4. The van der Waals surface area contributed by atoms with E-state index in [-0.39, 0.29) is 34.8 Å². The Morgan fingerprint density at radius 2 is 1.66 bits per heavy atom. The fourth-order valence-electron chi connectivity index (χ4n) is 3.42. The van der Waals surface area contributed by atoms with Gasteiger partial charge in [-0.1, -0.05) is 32.9 Å². The molecular weight excluding hydrogens is 425 g/mol. The fraction of sp³-hybridized carbons (Fsp3) is 0.455. The molecule has 7 nitrogen and oxygen atoms in total. The molecule has 2 heterocycles. The van der Waals surface area contributed by atoms with Crippen LogP contribution in [0.3, 0.4) is 0 Å². The van der Waals surface area contributed by atoms with Crippen molar-refractivity contribution < 1.29 is 27.5 Å². The van der Waals surface area contributed by atoms with Crippen LogP contribution in [0.5, 0.6) is 5.75 Å². The minimum Gasteiger partial charge on any atom is -0.405 e. The number of hydrogen-bond donors (Lipinski definition) is 1. The molecule has 0 unspecified atom stereocenters. The van der Waals surface area contributed by atoms with Gasteiger partial charge in [-0.3, -0.25) is 9.59 Å². The first kappa shape index (κ1) is 23.5. The topological polar surface area (TPSA) is 84.4 Å². The number of para-hydroxylation sites is 1. The van der Waals surface area contributed by atoms with Crippen molar-refractivity contribution in [3.63, 3.8) is 0 Å². The predicted molar refractivity (Wildman–Crippen MR) is 111 cm³/mol. The molecule has 1 aliphatic heterocycles. The van der Waals surface area contributed by atoms with E-state index in [9.17, 15) is 22.8 Å². The minimum absolute atomic E-state index is 0.00963. The first-order valence-electron chi connectivity index (χ1n) is 10.2. The predicted octanol–water partition coefficient (Wildman–Crippen LogP) is 3.81. The molecule has 2 amide bonds. The number of amides is 2. The summed E-state index contributed by atoms with van der Waals surface area (Å²) in [5.41, 5.74) is -0.192. The van der Waals surface area contributed by atoms with E-state index in [1.807, 2.05) is 20.8 Å². The van der Waals surface area contributed by atoms with Crippen LogP contribution in [0.25, 0.3) is 11.4 Å². The van der Waals surface area contributed by atoms with Crippen molar-refractivity contribution in [3.8, 4) is 17.1 Å². The molecule has 1 aromatic heterocycles. The molecule has 172 valence electrons. The molecule has 1 aliphatic rings. The van der Waals surface area contributed by atoms with E-state index in [0.717, 1.165) is 0 Å². The van der Waals surface area contributed by atoms with Crippen LogP contribution >= 0.6 is 0 Å². The van der Waals surface area contributed by atoms with Crippen LogP contribution in [0.4, 0.5) is 13.2 Å². The molecule has 2 aromatic rings. The molecule has 0 spiro atoms. The maximum Gasteiger partial charge on any atom is 0.573 e. The van der Waals surface area contributed by atoms with Gasteiger partial charge in [0, 0.05) is 36.9 Å². The summed E-state index contributed by atoms with van der Waals surface area (Å²) in [6, 6.07) is 5.44. The van der Waals surface area contributed by atoms with E-state index in [1.165, 1.54) is 30.6 Å². The third-order valence-corrected chi connectivity index (χ3v) is 5.03. The summed E-state index contributed by atoms with van der Waals surface area (Å²) >= 11 is 0. The second-order valence-electron chi connectivity index (χ2n) is 8.63. The maximum atomic E-state index is 12.6.